The molecule has 6 heteroatoms. The molecule has 0 bridgehead atoms. The van der Waals surface area contributed by atoms with Crippen molar-refractivity contribution >= 4 is 11.8 Å². The van der Waals surface area contributed by atoms with Gasteiger partial charge in [-0.05, 0) is 42.7 Å². The Bertz CT molecular complexity index is 718. The van der Waals surface area contributed by atoms with Crippen molar-refractivity contribution in [3.05, 3.63) is 35.4 Å². The predicted molar refractivity (Wildman–Crippen MR) is 125 cm³/mol. The molecule has 3 rings (SSSR count). The molecule has 2 heterocycles. The van der Waals surface area contributed by atoms with Gasteiger partial charge in [0.05, 0.1) is 19.1 Å². The molecule has 0 spiro atoms. The van der Waals surface area contributed by atoms with Gasteiger partial charge in [-0.2, -0.15) is 0 Å². The number of aryl methyl sites for hydroxylation is 1. The van der Waals surface area contributed by atoms with Crippen molar-refractivity contribution in [1.82, 2.24) is 20.0 Å². The van der Waals surface area contributed by atoms with Crippen molar-refractivity contribution in [3.63, 3.8) is 0 Å². The summed E-state index contributed by atoms with van der Waals surface area (Å²) in [5, 5.41) is 3.12. The van der Waals surface area contributed by atoms with Gasteiger partial charge in [-0.25, -0.2) is 0 Å². The molecule has 6 nitrogen and oxygen atoms in total. The fraction of sp³-hybridized carbons (Fsp3) is 0.680. The summed E-state index contributed by atoms with van der Waals surface area (Å²) in [5.41, 5.74) is 2.44. The first-order valence-electron chi connectivity index (χ1n) is 11.9. The van der Waals surface area contributed by atoms with Crippen molar-refractivity contribution < 1.29 is 9.59 Å². The molecule has 172 valence electrons. The third-order valence-corrected chi connectivity index (χ3v) is 6.68. The van der Waals surface area contributed by atoms with Gasteiger partial charge >= 0.3 is 0 Å². The lowest BCUT2D eigenvalue weighted by Crippen LogP contribution is -2.53. The van der Waals surface area contributed by atoms with Crippen LogP contribution in [-0.4, -0.2) is 78.9 Å². The van der Waals surface area contributed by atoms with E-state index in [1.165, 1.54) is 12.0 Å². The Morgan fingerprint density at radius 2 is 1.52 bits per heavy atom. The lowest BCUT2D eigenvalue weighted by Gasteiger charge is -2.38. The lowest BCUT2D eigenvalue weighted by atomic mass is 9.92. The Morgan fingerprint density at radius 3 is 2.06 bits per heavy atom. The Morgan fingerprint density at radius 1 is 0.968 bits per heavy atom. The van der Waals surface area contributed by atoms with E-state index in [1.807, 2.05) is 11.8 Å². The third kappa shape index (κ3) is 7.04. The first-order valence-corrected chi connectivity index (χ1v) is 11.9. The van der Waals surface area contributed by atoms with Gasteiger partial charge in [0.2, 0.25) is 11.8 Å². The van der Waals surface area contributed by atoms with Gasteiger partial charge in [0.1, 0.15) is 0 Å². The fourth-order valence-electron chi connectivity index (χ4n) is 4.88. The zero-order valence-electron chi connectivity index (χ0n) is 19.8. The van der Waals surface area contributed by atoms with E-state index >= 15 is 0 Å². The fourth-order valence-corrected chi connectivity index (χ4v) is 4.88. The molecule has 0 saturated carbocycles. The molecule has 2 aliphatic rings. The summed E-state index contributed by atoms with van der Waals surface area (Å²) in [6.45, 7) is 14.7. The molecular formula is C25H40N4O2. The molecule has 0 aliphatic carbocycles. The molecule has 2 amide bonds. The molecule has 31 heavy (non-hydrogen) atoms. The molecule has 1 N–H and O–H groups in total. The van der Waals surface area contributed by atoms with Crippen LogP contribution in [0, 0.1) is 11.8 Å². The largest absolute Gasteiger partial charge is 0.348 e. The van der Waals surface area contributed by atoms with Crippen LogP contribution >= 0.6 is 0 Å². The maximum absolute atomic E-state index is 12.7. The molecule has 0 radical (unpaired) electrons. The molecule has 0 aromatic heterocycles. The Hall–Kier alpha value is -1.92. The number of rotatable bonds is 7. The Balaban J connectivity index is 1.38. The van der Waals surface area contributed by atoms with Crippen LogP contribution < -0.4 is 5.32 Å². The van der Waals surface area contributed by atoms with E-state index in [-0.39, 0.29) is 17.9 Å². The van der Waals surface area contributed by atoms with E-state index in [0.29, 0.717) is 24.9 Å². The second kappa shape index (κ2) is 11.1. The number of amides is 2. The van der Waals surface area contributed by atoms with Crippen molar-refractivity contribution in [1.29, 1.82) is 0 Å². The highest BCUT2D eigenvalue weighted by molar-refractivity contribution is 5.79. The standard InChI is InChI=1S/C25H40N4O2/c1-5-22-6-8-23(9-7-22)21(4)26-24(30)17-27-10-12-28(13-11-27)18-25(31)29-15-19(2)14-20(3)16-29/h6-9,19-21H,5,10-18H2,1-4H3,(H,26,30)/t19-,20+,21-/m1/s1. The summed E-state index contributed by atoms with van der Waals surface area (Å²) >= 11 is 0. The second-order valence-corrected chi connectivity index (χ2v) is 9.68. The minimum absolute atomic E-state index is 0.00615. The van der Waals surface area contributed by atoms with E-state index in [2.05, 4.69) is 60.2 Å². The highest BCUT2D eigenvalue weighted by Gasteiger charge is 2.27. The van der Waals surface area contributed by atoms with Crippen LogP contribution in [0.5, 0.6) is 0 Å². The third-order valence-electron chi connectivity index (χ3n) is 6.68. The number of hydrogen-bond donors (Lipinski definition) is 1. The van der Waals surface area contributed by atoms with Crippen LogP contribution in [0.25, 0.3) is 0 Å². The van der Waals surface area contributed by atoms with Crippen molar-refractivity contribution in [3.8, 4) is 0 Å². The van der Waals surface area contributed by atoms with Crippen LogP contribution in [0.4, 0.5) is 0 Å². The highest BCUT2D eigenvalue weighted by atomic mass is 16.2. The van der Waals surface area contributed by atoms with Crippen LogP contribution in [-0.2, 0) is 16.0 Å². The van der Waals surface area contributed by atoms with Crippen LogP contribution in [0.1, 0.15) is 51.3 Å². The minimum atomic E-state index is 0.00615. The van der Waals surface area contributed by atoms with Crippen molar-refractivity contribution in [2.45, 2.75) is 46.6 Å². The Kier molecular flexibility index (Phi) is 8.50. The van der Waals surface area contributed by atoms with Gasteiger partial charge in [-0.15, -0.1) is 0 Å². The molecular weight excluding hydrogens is 388 g/mol. The summed E-state index contributed by atoms with van der Waals surface area (Å²) in [6.07, 6.45) is 2.24. The molecule has 2 aliphatic heterocycles. The second-order valence-electron chi connectivity index (χ2n) is 9.68. The molecule has 2 saturated heterocycles. The van der Waals surface area contributed by atoms with Gasteiger partial charge in [-0.3, -0.25) is 19.4 Å². The number of benzene rings is 1. The first kappa shape index (κ1) is 23.7. The molecule has 1 aromatic rings. The summed E-state index contributed by atoms with van der Waals surface area (Å²) in [5.74, 6) is 1.51. The minimum Gasteiger partial charge on any atom is -0.348 e. The number of hydrogen-bond acceptors (Lipinski definition) is 4. The van der Waals surface area contributed by atoms with Gasteiger partial charge in [0, 0.05) is 39.3 Å². The number of carbonyl (C=O) groups is 2. The van der Waals surface area contributed by atoms with E-state index in [4.69, 9.17) is 0 Å². The number of piperazine rings is 1. The quantitative estimate of drug-likeness (QED) is 0.725. The number of likely N-dealkylation sites (tertiary alicyclic amines) is 1. The zero-order valence-corrected chi connectivity index (χ0v) is 19.8. The number of nitrogens with one attached hydrogen (secondary N) is 1. The SMILES string of the molecule is CCc1ccc([C@@H](C)NC(=O)CN2CCN(CC(=O)N3C[C@H](C)C[C@H](C)C3)CC2)cc1. The normalized spacial score (nSPS) is 24.1. The van der Waals surface area contributed by atoms with Crippen LogP contribution in [0.2, 0.25) is 0 Å². The molecule has 3 atom stereocenters. The summed E-state index contributed by atoms with van der Waals surface area (Å²) in [4.78, 5) is 31.7. The van der Waals surface area contributed by atoms with Gasteiger partial charge in [-0.1, -0.05) is 45.0 Å². The summed E-state index contributed by atoms with van der Waals surface area (Å²) < 4.78 is 0. The average Bonchev–Trinajstić information content (AvgIpc) is 2.74. The zero-order chi connectivity index (χ0) is 22.4. The first-order chi connectivity index (χ1) is 14.8. The number of carbonyl (C=O) groups excluding carboxylic acids is 2. The number of nitrogens with zero attached hydrogens (tertiary/aromatic N) is 3. The van der Waals surface area contributed by atoms with Crippen molar-refractivity contribution in [2.75, 3.05) is 52.4 Å². The van der Waals surface area contributed by atoms with E-state index < -0.39 is 0 Å². The average molecular weight is 429 g/mol. The van der Waals surface area contributed by atoms with Gasteiger partial charge in [0.25, 0.3) is 0 Å². The molecule has 1 aromatic carbocycles. The predicted octanol–water partition coefficient (Wildman–Crippen LogP) is 2.55. The topological polar surface area (TPSA) is 55.9 Å². The molecule has 0 unspecified atom stereocenters. The van der Waals surface area contributed by atoms with Gasteiger partial charge in [0.15, 0.2) is 0 Å². The van der Waals surface area contributed by atoms with E-state index in [0.717, 1.165) is 51.3 Å². The van der Waals surface area contributed by atoms with E-state index in [1.54, 1.807) is 0 Å². The highest BCUT2D eigenvalue weighted by Crippen LogP contribution is 2.21. The maximum atomic E-state index is 12.7. The summed E-state index contributed by atoms with van der Waals surface area (Å²) in [6, 6.07) is 8.46. The van der Waals surface area contributed by atoms with Gasteiger partial charge < -0.3 is 10.2 Å². The van der Waals surface area contributed by atoms with Crippen LogP contribution in [0.15, 0.2) is 24.3 Å². The Labute approximate surface area is 188 Å². The smallest absolute Gasteiger partial charge is 0.236 e. The lowest BCUT2D eigenvalue weighted by molar-refractivity contribution is -0.135. The maximum Gasteiger partial charge on any atom is 0.236 e. The molecule has 2 fully saturated rings. The van der Waals surface area contributed by atoms with Crippen molar-refractivity contribution in [2.24, 2.45) is 11.8 Å². The van der Waals surface area contributed by atoms with Crippen LogP contribution in [0.3, 0.4) is 0 Å². The van der Waals surface area contributed by atoms with E-state index in [9.17, 15) is 9.59 Å². The summed E-state index contributed by atoms with van der Waals surface area (Å²) in [7, 11) is 0. The number of piperidine rings is 1. The monoisotopic (exact) mass is 428 g/mol.